The van der Waals surface area contributed by atoms with Gasteiger partial charge in [0.2, 0.25) is 5.91 Å². The van der Waals surface area contributed by atoms with Gasteiger partial charge < -0.3 is 15.0 Å². The monoisotopic (exact) mass is 436 g/mol. The maximum atomic E-state index is 14.0. The minimum atomic E-state index is -0.766. The quantitative estimate of drug-likeness (QED) is 0.722. The second-order valence-corrected chi connectivity index (χ2v) is 6.96. The summed E-state index contributed by atoms with van der Waals surface area (Å²) in [5, 5.41) is 2.52. The number of benzene rings is 2. The average molecular weight is 437 g/mol. The molecule has 0 aliphatic carbocycles. The van der Waals surface area contributed by atoms with Gasteiger partial charge in [0.1, 0.15) is 17.6 Å². The predicted molar refractivity (Wildman–Crippen MR) is 105 cm³/mol. The lowest BCUT2D eigenvalue weighted by Crippen LogP contribution is -2.48. The number of carbonyl (C=O) groups is 2. The number of amides is 2. The first kappa shape index (κ1) is 20.9. The van der Waals surface area contributed by atoms with E-state index in [-0.39, 0.29) is 19.1 Å². The van der Waals surface area contributed by atoms with Crippen LogP contribution >= 0.6 is 15.9 Å². The second-order valence-electron chi connectivity index (χ2n) is 6.10. The van der Waals surface area contributed by atoms with E-state index in [2.05, 4.69) is 21.2 Å². The molecule has 0 radical (unpaired) electrons. The third-order valence-electron chi connectivity index (χ3n) is 4.20. The van der Waals surface area contributed by atoms with Gasteiger partial charge in [0.05, 0.1) is 0 Å². The molecule has 2 rings (SSSR count). The van der Waals surface area contributed by atoms with Crippen LogP contribution < -0.4 is 10.1 Å². The normalized spacial score (nSPS) is 11.6. The van der Waals surface area contributed by atoms with E-state index in [4.69, 9.17) is 4.74 Å². The zero-order valence-electron chi connectivity index (χ0n) is 15.5. The highest BCUT2D eigenvalue weighted by Crippen LogP contribution is 2.22. The lowest BCUT2D eigenvalue weighted by atomic mass is 10.1. The van der Waals surface area contributed by atoms with Gasteiger partial charge in [0.25, 0.3) is 5.91 Å². The molecule has 0 saturated heterocycles. The van der Waals surface area contributed by atoms with Crippen LogP contribution in [0.5, 0.6) is 5.75 Å². The Hall–Kier alpha value is -2.41. The largest absolute Gasteiger partial charge is 0.484 e. The lowest BCUT2D eigenvalue weighted by molar-refractivity contribution is -0.142. The highest BCUT2D eigenvalue weighted by atomic mass is 79.9. The fourth-order valence-electron chi connectivity index (χ4n) is 2.54. The fourth-order valence-corrected chi connectivity index (χ4v) is 2.78. The number of ether oxygens (including phenoxy) is 1. The molecular formula is C20H22BrFN2O3. The van der Waals surface area contributed by atoms with Crippen molar-refractivity contribution >= 4 is 27.7 Å². The zero-order chi connectivity index (χ0) is 20.0. The van der Waals surface area contributed by atoms with Crippen molar-refractivity contribution in [2.75, 3.05) is 13.7 Å². The van der Waals surface area contributed by atoms with Crippen LogP contribution in [-0.2, 0) is 16.1 Å². The molecule has 0 heterocycles. The van der Waals surface area contributed by atoms with Crippen LogP contribution in [0.15, 0.2) is 46.9 Å². The van der Waals surface area contributed by atoms with E-state index >= 15 is 0 Å². The molecule has 0 aliphatic heterocycles. The van der Waals surface area contributed by atoms with Gasteiger partial charge in [-0.2, -0.15) is 0 Å². The Bertz CT molecular complexity index is 829. The topological polar surface area (TPSA) is 58.6 Å². The molecule has 0 fully saturated rings. The van der Waals surface area contributed by atoms with Crippen molar-refractivity contribution in [1.82, 2.24) is 10.2 Å². The smallest absolute Gasteiger partial charge is 0.261 e. The molecule has 144 valence electrons. The highest BCUT2D eigenvalue weighted by molar-refractivity contribution is 9.10. The molecular weight excluding hydrogens is 415 g/mol. The van der Waals surface area contributed by atoms with Crippen LogP contribution in [-0.4, -0.2) is 36.4 Å². The average Bonchev–Trinajstić information content (AvgIpc) is 2.66. The molecule has 2 aromatic carbocycles. The molecule has 2 amide bonds. The van der Waals surface area contributed by atoms with Crippen LogP contribution in [0.3, 0.4) is 0 Å². The van der Waals surface area contributed by atoms with Crippen LogP contribution in [0.1, 0.15) is 18.1 Å². The van der Waals surface area contributed by atoms with Crippen LogP contribution in [0.25, 0.3) is 0 Å². The van der Waals surface area contributed by atoms with Crippen molar-refractivity contribution in [3.63, 3.8) is 0 Å². The van der Waals surface area contributed by atoms with E-state index in [1.54, 1.807) is 37.3 Å². The molecule has 0 spiro atoms. The lowest BCUT2D eigenvalue weighted by Gasteiger charge is -2.28. The van der Waals surface area contributed by atoms with Gasteiger partial charge in [-0.15, -0.1) is 0 Å². The van der Waals surface area contributed by atoms with Crippen molar-refractivity contribution in [2.24, 2.45) is 0 Å². The third kappa shape index (κ3) is 5.53. The third-order valence-corrected chi connectivity index (χ3v) is 5.09. The van der Waals surface area contributed by atoms with Crippen LogP contribution in [0.2, 0.25) is 0 Å². The van der Waals surface area contributed by atoms with Gasteiger partial charge in [-0.25, -0.2) is 4.39 Å². The summed E-state index contributed by atoms with van der Waals surface area (Å²) < 4.78 is 20.5. The maximum absolute atomic E-state index is 14.0. The number of rotatable bonds is 7. The number of likely N-dealkylation sites (N-methyl/N-ethyl adjacent to an activating group) is 1. The first-order valence-electron chi connectivity index (χ1n) is 8.47. The van der Waals surface area contributed by atoms with Gasteiger partial charge >= 0.3 is 0 Å². The number of hydrogen-bond donors (Lipinski definition) is 1. The highest BCUT2D eigenvalue weighted by Gasteiger charge is 2.26. The summed E-state index contributed by atoms with van der Waals surface area (Å²) in [7, 11) is 1.49. The molecule has 1 unspecified atom stereocenters. The number of hydrogen-bond acceptors (Lipinski definition) is 3. The molecule has 2 aromatic rings. The van der Waals surface area contributed by atoms with Crippen LogP contribution in [0.4, 0.5) is 4.39 Å². The Kier molecular flexibility index (Phi) is 7.36. The van der Waals surface area contributed by atoms with Crippen molar-refractivity contribution < 1.29 is 18.7 Å². The summed E-state index contributed by atoms with van der Waals surface area (Å²) in [6.07, 6.45) is 0. The minimum absolute atomic E-state index is 0.0250. The predicted octanol–water partition coefficient (Wildman–Crippen LogP) is 3.44. The van der Waals surface area contributed by atoms with Crippen molar-refractivity contribution in [2.45, 2.75) is 26.4 Å². The van der Waals surface area contributed by atoms with Crippen molar-refractivity contribution in [1.29, 1.82) is 0 Å². The Morgan fingerprint density at radius 2 is 1.96 bits per heavy atom. The summed E-state index contributed by atoms with van der Waals surface area (Å²) in [6, 6.07) is 10.8. The van der Waals surface area contributed by atoms with Crippen LogP contribution in [0, 0.1) is 12.7 Å². The van der Waals surface area contributed by atoms with E-state index in [0.717, 1.165) is 10.0 Å². The summed E-state index contributed by atoms with van der Waals surface area (Å²) >= 11 is 3.41. The Morgan fingerprint density at radius 1 is 1.26 bits per heavy atom. The fraction of sp³-hybridized carbons (Fsp3) is 0.300. The van der Waals surface area contributed by atoms with Gasteiger partial charge in [-0.05, 0) is 43.7 Å². The van der Waals surface area contributed by atoms with E-state index < -0.39 is 17.8 Å². The van der Waals surface area contributed by atoms with E-state index in [1.165, 1.54) is 18.0 Å². The summed E-state index contributed by atoms with van der Waals surface area (Å²) in [5.41, 5.74) is 1.31. The molecule has 1 atom stereocenters. The number of nitrogens with one attached hydrogen (secondary N) is 1. The number of carbonyl (C=O) groups excluding carboxylic acids is 2. The first-order valence-corrected chi connectivity index (χ1v) is 9.26. The Morgan fingerprint density at radius 3 is 2.59 bits per heavy atom. The molecule has 5 nitrogen and oxygen atoms in total. The number of nitrogens with zero attached hydrogens (tertiary/aromatic N) is 1. The van der Waals surface area contributed by atoms with E-state index in [1.807, 2.05) is 13.0 Å². The van der Waals surface area contributed by atoms with Crippen molar-refractivity contribution in [3.05, 3.63) is 63.9 Å². The van der Waals surface area contributed by atoms with Gasteiger partial charge in [0.15, 0.2) is 6.61 Å². The Labute approximate surface area is 166 Å². The maximum Gasteiger partial charge on any atom is 0.261 e. The Balaban J connectivity index is 2.16. The van der Waals surface area contributed by atoms with Gasteiger partial charge in [0, 0.05) is 23.6 Å². The van der Waals surface area contributed by atoms with E-state index in [0.29, 0.717) is 11.3 Å². The minimum Gasteiger partial charge on any atom is -0.484 e. The number of aryl methyl sites for hydroxylation is 1. The van der Waals surface area contributed by atoms with Crippen molar-refractivity contribution in [3.8, 4) is 5.75 Å². The molecule has 0 bridgehead atoms. The number of halogens is 2. The summed E-state index contributed by atoms with van der Waals surface area (Å²) in [5.74, 6) is -0.625. The SMILES string of the molecule is CNC(=O)C(C)N(Cc1ccccc1F)C(=O)COc1ccc(Br)c(C)c1. The molecule has 7 heteroatoms. The second kappa shape index (κ2) is 9.50. The summed E-state index contributed by atoms with van der Waals surface area (Å²) in [4.78, 5) is 26.1. The van der Waals surface area contributed by atoms with Gasteiger partial charge in [-0.1, -0.05) is 34.1 Å². The van der Waals surface area contributed by atoms with Gasteiger partial charge in [-0.3, -0.25) is 9.59 Å². The molecule has 1 N–H and O–H groups in total. The molecule has 0 aliphatic rings. The molecule has 0 saturated carbocycles. The summed E-state index contributed by atoms with van der Waals surface area (Å²) in [6.45, 7) is 3.23. The van der Waals surface area contributed by atoms with E-state index in [9.17, 15) is 14.0 Å². The standard InChI is InChI=1S/C20H22BrFN2O3/c1-13-10-16(8-9-17(13)21)27-12-19(25)24(14(2)20(26)23-3)11-15-6-4-5-7-18(15)22/h4-10,14H,11-12H2,1-3H3,(H,23,26). The first-order chi connectivity index (χ1) is 12.8. The molecule has 27 heavy (non-hydrogen) atoms. The molecule has 0 aromatic heterocycles. The zero-order valence-corrected chi connectivity index (χ0v) is 17.0.